The lowest BCUT2D eigenvalue weighted by molar-refractivity contribution is 0.125. The van der Waals surface area contributed by atoms with Crippen molar-refractivity contribution in [1.82, 2.24) is 0 Å². The van der Waals surface area contributed by atoms with Crippen LogP contribution in [0.1, 0.15) is 46.0 Å². The van der Waals surface area contributed by atoms with Gasteiger partial charge in [-0.15, -0.1) is 11.8 Å². The molecule has 0 aromatic rings. The molecule has 0 N–H and O–H groups in total. The lowest BCUT2D eigenvalue weighted by atomic mass is 10.2. The maximum Gasteiger partial charge on any atom is 0.121 e. The molecule has 1 fully saturated rings. The van der Waals surface area contributed by atoms with Crippen LogP contribution in [-0.4, -0.2) is 17.3 Å². The highest BCUT2D eigenvalue weighted by Crippen LogP contribution is 2.30. The van der Waals surface area contributed by atoms with Gasteiger partial charge in [0.25, 0.3) is 0 Å². The second kappa shape index (κ2) is 7.36. The van der Waals surface area contributed by atoms with E-state index in [2.05, 4.69) is 26.0 Å². The summed E-state index contributed by atoms with van der Waals surface area (Å²) in [6.45, 7) is 5.41. The van der Waals surface area contributed by atoms with Gasteiger partial charge >= 0.3 is 0 Å². The van der Waals surface area contributed by atoms with Crippen LogP contribution in [0.3, 0.4) is 0 Å². The van der Waals surface area contributed by atoms with E-state index in [1.54, 1.807) is 0 Å². The Morgan fingerprint density at radius 2 is 2.21 bits per heavy atom. The topological polar surface area (TPSA) is 9.23 Å². The number of hydrogen-bond donors (Lipinski definition) is 0. The fourth-order valence-corrected chi connectivity index (χ4v) is 2.98. The van der Waals surface area contributed by atoms with Crippen molar-refractivity contribution in [2.24, 2.45) is 0 Å². The molecule has 0 bridgehead atoms. The van der Waals surface area contributed by atoms with Crippen LogP contribution in [0.2, 0.25) is 0 Å². The van der Waals surface area contributed by atoms with Crippen molar-refractivity contribution < 1.29 is 4.74 Å². The molecule has 2 unspecified atom stereocenters. The standard InChI is InChI=1S/C12H22OS/c1-3-5-6-8-12-13-10-9-11(14-12)7-4-2/h6,8,11-12H,3-5,7,9-10H2,1-2H3/b8-6+. The van der Waals surface area contributed by atoms with Crippen LogP contribution < -0.4 is 0 Å². The summed E-state index contributed by atoms with van der Waals surface area (Å²) in [5, 5.41) is 0.824. The molecule has 1 heterocycles. The monoisotopic (exact) mass is 214 g/mol. The summed E-state index contributed by atoms with van der Waals surface area (Å²) in [6, 6.07) is 0. The Labute approximate surface area is 92.3 Å². The third kappa shape index (κ3) is 4.52. The maximum absolute atomic E-state index is 5.68. The highest BCUT2D eigenvalue weighted by atomic mass is 32.2. The zero-order chi connectivity index (χ0) is 10.2. The molecule has 0 aliphatic carbocycles. The van der Waals surface area contributed by atoms with Gasteiger partial charge in [-0.3, -0.25) is 0 Å². The second-order valence-electron chi connectivity index (χ2n) is 3.79. The normalized spacial score (nSPS) is 28.4. The zero-order valence-corrected chi connectivity index (χ0v) is 10.2. The van der Waals surface area contributed by atoms with Gasteiger partial charge in [0, 0.05) is 11.9 Å². The smallest absolute Gasteiger partial charge is 0.121 e. The Morgan fingerprint density at radius 1 is 1.36 bits per heavy atom. The number of allylic oxidation sites excluding steroid dienone is 1. The first kappa shape index (κ1) is 12.1. The lowest BCUT2D eigenvalue weighted by Gasteiger charge is -2.27. The minimum absolute atomic E-state index is 0.326. The summed E-state index contributed by atoms with van der Waals surface area (Å²) in [4.78, 5) is 0. The highest BCUT2D eigenvalue weighted by Gasteiger charge is 2.19. The molecular weight excluding hydrogens is 192 g/mol. The Bertz CT molecular complexity index is 166. The van der Waals surface area contributed by atoms with Gasteiger partial charge in [0.15, 0.2) is 0 Å². The van der Waals surface area contributed by atoms with E-state index >= 15 is 0 Å². The van der Waals surface area contributed by atoms with Gasteiger partial charge in [-0.25, -0.2) is 0 Å². The van der Waals surface area contributed by atoms with E-state index in [0.29, 0.717) is 5.44 Å². The van der Waals surface area contributed by atoms with Crippen LogP contribution in [0, 0.1) is 0 Å². The van der Waals surface area contributed by atoms with Crippen LogP contribution >= 0.6 is 11.8 Å². The summed E-state index contributed by atoms with van der Waals surface area (Å²) in [7, 11) is 0. The number of hydrogen-bond acceptors (Lipinski definition) is 2. The van der Waals surface area contributed by atoms with Crippen molar-refractivity contribution in [3.8, 4) is 0 Å². The van der Waals surface area contributed by atoms with E-state index < -0.39 is 0 Å². The van der Waals surface area contributed by atoms with Crippen molar-refractivity contribution in [2.45, 2.75) is 56.6 Å². The zero-order valence-electron chi connectivity index (χ0n) is 9.37. The van der Waals surface area contributed by atoms with Crippen LogP contribution in [0.25, 0.3) is 0 Å². The molecule has 1 rings (SSSR count). The number of rotatable bonds is 5. The molecule has 2 atom stereocenters. The summed E-state index contributed by atoms with van der Waals surface area (Å²) < 4.78 is 5.68. The van der Waals surface area contributed by atoms with Gasteiger partial charge in [0.2, 0.25) is 0 Å². The van der Waals surface area contributed by atoms with E-state index in [9.17, 15) is 0 Å². The Hall–Kier alpha value is 0.0500. The predicted octanol–water partition coefficient (Wildman–Crippen LogP) is 3.99. The molecule has 14 heavy (non-hydrogen) atoms. The summed E-state index contributed by atoms with van der Waals surface area (Å²) in [5.41, 5.74) is 0.326. The maximum atomic E-state index is 5.68. The average molecular weight is 214 g/mol. The van der Waals surface area contributed by atoms with E-state index in [-0.39, 0.29) is 0 Å². The summed E-state index contributed by atoms with van der Waals surface area (Å²) >= 11 is 2.00. The molecule has 1 aliphatic rings. The SMILES string of the molecule is CCC/C=C/C1OCCC(CCC)S1. The van der Waals surface area contributed by atoms with Gasteiger partial charge in [-0.05, 0) is 25.3 Å². The Kier molecular flexibility index (Phi) is 6.37. The average Bonchev–Trinajstić information content (AvgIpc) is 2.19. The third-order valence-electron chi connectivity index (χ3n) is 2.41. The predicted molar refractivity (Wildman–Crippen MR) is 64.7 cm³/mol. The summed E-state index contributed by atoms with van der Waals surface area (Å²) in [6.07, 6.45) is 10.8. The Morgan fingerprint density at radius 3 is 2.93 bits per heavy atom. The molecule has 0 aromatic heterocycles. The lowest BCUT2D eigenvalue weighted by Crippen LogP contribution is -2.21. The third-order valence-corrected chi connectivity index (χ3v) is 3.83. The first-order chi connectivity index (χ1) is 6.86. The number of unbranched alkanes of at least 4 members (excludes halogenated alkanes) is 1. The Balaban J connectivity index is 2.25. The first-order valence-electron chi connectivity index (χ1n) is 5.80. The van der Waals surface area contributed by atoms with Gasteiger partial charge in [0.05, 0.1) is 0 Å². The minimum atomic E-state index is 0.326. The van der Waals surface area contributed by atoms with E-state index in [1.165, 1.54) is 32.1 Å². The van der Waals surface area contributed by atoms with Gasteiger partial charge in [-0.1, -0.05) is 32.8 Å². The fourth-order valence-electron chi connectivity index (χ4n) is 1.62. The molecule has 1 aliphatic heterocycles. The van der Waals surface area contributed by atoms with E-state index in [0.717, 1.165) is 11.9 Å². The molecule has 0 saturated carbocycles. The summed E-state index contributed by atoms with van der Waals surface area (Å²) in [5.74, 6) is 0. The number of thioether (sulfide) groups is 1. The van der Waals surface area contributed by atoms with Gasteiger partial charge < -0.3 is 4.74 Å². The van der Waals surface area contributed by atoms with E-state index in [4.69, 9.17) is 4.74 Å². The minimum Gasteiger partial charge on any atom is -0.363 e. The fraction of sp³-hybridized carbons (Fsp3) is 0.833. The highest BCUT2D eigenvalue weighted by molar-refractivity contribution is 8.00. The molecule has 0 spiro atoms. The molecule has 1 nitrogen and oxygen atoms in total. The molecule has 0 radical (unpaired) electrons. The molecule has 0 aromatic carbocycles. The van der Waals surface area contributed by atoms with E-state index in [1.807, 2.05) is 11.8 Å². The second-order valence-corrected chi connectivity index (χ2v) is 5.19. The van der Waals surface area contributed by atoms with Crippen LogP contribution in [0.15, 0.2) is 12.2 Å². The molecule has 1 saturated heterocycles. The van der Waals surface area contributed by atoms with Crippen molar-refractivity contribution in [2.75, 3.05) is 6.61 Å². The van der Waals surface area contributed by atoms with Crippen molar-refractivity contribution in [3.05, 3.63) is 12.2 Å². The first-order valence-corrected chi connectivity index (χ1v) is 6.74. The van der Waals surface area contributed by atoms with Crippen molar-refractivity contribution in [1.29, 1.82) is 0 Å². The quantitative estimate of drug-likeness (QED) is 0.640. The van der Waals surface area contributed by atoms with Crippen molar-refractivity contribution >= 4 is 11.8 Å². The molecule has 0 amide bonds. The number of ether oxygens (including phenoxy) is 1. The van der Waals surface area contributed by atoms with Gasteiger partial charge in [0.1, 0.15) is 5.44 Å². The van der Waals surface area contributed by atoms with Gasteiger partial charge in [-0.2, -0.15) is 0 Å². The van der Waals surface area contributed by atoms with Crippen LogP contribution in [-0.2, 0) is 4.74 Å². The van der Waals surface area contributed by atoms with Crippen LogP contribution in [0.5, 0.6) is 0 Å². The van der Waals surface area contributed by atoms with Crippen molar-refractivity contribution in [3.63, 3.8) is 0 Å². The molecule has 82 valence electrons. The van der Waals surface area contributed by atoms with Crippen LogP contribution in [0.4, 0.5) is 0 Å². The largest absolute Gasteiger partial charge is 0.363 e. The molecule has 2 heteroatoms. The molecular formula is C12H22OS.